The summed E-state index contributed by atoms with van der Waals surface area (Å²) in [5.74, 6) is 0. The number of fused-ring (bicyclic) bond motifs is 18. The Labute approximate surface area is 388 Å². The maximum absolute atomic E-state index is 9.78. The molecular weight excluding hydrogens is 837 g/mol. The molecule has 0 saturated heterocycles. The van der Waals surface area contributed by atoms with Gasteiger partial charge in [0.1, 0.15) is 0 Å². The second kappa shape index (κ2) is 13.4. The summed E-state index contributed by atoms with van der Waals surface area (Å²) >= 11 is 1.84. The first-order valence-corrected chi connectivity index (χ1v) is 23.3. The second-order valence-corrected chi connectivity index (χ2v) is 18.7. The molecule has 1 unspecified atom stereocenters. The Morgan fingerprint density at radius 3 is 1.58 bits per heavy atom. The molecule has 1 aliphatic carbocycles. The van der Waals surface area contributed by atoms with E-state index < -0.39 is 5.41 Å². The summed E-state index contributed by atoms with van der Waals surface area (Å²) in [6, 6.07) is 72.5. The molecule has 15 rings (SSSR count). The van der Waals surface area contributed by atoms with E-state index in [1.807, 2.05) is 36.3 Å². The predicted octanol–water partition coefficient (Wildman–Crippen LogP) is 14.5. The van der Waals surface area contributed by atoms with E-state index in [0.717, 1.165) is 83.4 Å². The van der Waals surface area contributed by atoms with Gasteiger partial charge in [0.25, 0.3) is 0 Å². The summed E-state index contributed by atoms with van der Waals surface area (Å²) in [6.07, 6.45) is 3.93. The van der Waals surface area contributed by atoms with Gasteiger partial charge in [0.15, 0.2) is 0 Å². The predicted molar refractivity (Wildman–Crippen MR) is 271 cm³/mol. The molecular formula is C60H34N6S. The van der Waals surface area contributed by atoms with Gasteiger partial charge in [0.2, 0.25) is 0 Å². The third-order valence-corrected chi connectivity index (χ3v) is 15.5. The van der Waals surface area contributed by atoms with Crippen LogP contribution in [0.2, 0.25) is 0 Å². The monoisotopic (exact) mass is 870 g/mol. The minimum absolute atomic E-state index is 0.658. The van der Waals surface area contributed by atoms with Crippen LogP contribution in [0.25, 0.3) is 93.9 Å². The average molecular weight is 871 g/mol. The van der Waals surface area contributed by atoms with E-state index >= 15 is 0 Å². The van der Waals surface area contributed by atoms with Crippen molar-refractivity contribution in [2.24, 2.45) is 0 Å². The van der Waals surface area contributed by atoms with Gasteiger partial charge in [-0.2, -0.15) is 5.26 Å². The minimum atomic E-state index is -0.664. The van der Waals surface area contributed by atoms with Crippen LogP contribution >= 0.6 is 11.8 Å². The summed E-state index contributed by atoms with van der Waals surface area (Å²) < 4.78 is 7.13. The molecule has 6 heterocycles. The van der Waals surface area contributed by atoms with Gasteiger partial charge in [-0.1, -0.05) is 115 Å². The maximum atomic E-state index is 9.78. The third-order valence-electron chi connectivity index (χ3n) is 14.4. The first-order valence-electron chi connectivity index (χ1n) is 22.5. The number of para-hydroxylation sites is 4. The molecule has 0 fully saturated rings. The van der Waals surface area contributed by atoms with Crippen molar-refractivity contribution in [2.45, 2.75) is 15.2 Å². The van der Waals surface area contributed by atoms with Crippen LogP contribution in [0.15, 0.2) is 216 Å². The third kappa shape index (κ3) is 4.79. The zero-order valence-corrected chi connectivity index (χ0v) is 36.5. The van der Waals surface area contributed by atoms with Crippen LogP contribution in [0.4, 0.5) is 0 Å². The Balaban J connectivity index is 0.954. The lowest BCUT2D eigenvalue weighted by Gasteiger charge is -2.39. The van der Waals surface area contributed by atoms with Crippen LogP contribution in [0, 0.1) is 11.3 Å². The molecule has 0 amide bonds. The molecule has 7 heteroatoms. The molecule has 8 aromatic carbocycles. The Morgan fingerprint density at radius 2 is 0.896 bits per heavy atom. The number of benzene rings is 8. The van der Waals surface area contributed by atoms with Crippen molar-refractivity contribution in [1.82, 2.24) is 23.7 Å². The molecule has 5 aromatic heterocycles. The topological polar surface area (TPSA) is 64.4 Å². The highest BCUT2D eigenvalue weighted by molar-refractivity contribution is 7.99. The number of aromatic nitrogens is 5. The van der Waals surface area contributed by atoms with Crippen molar-refractivity contribution in [2.75, 3.05) is 0 Å². The molecule has 0 saturated carbocycles. The van der Waals surface area contributed by atoms with Crippen LogP contribution < -0.4 is 0 Å². The van der Waals surface area contributed by atoms with E-state index in [1.54, 1.807) is 0 Å². The zero-order chi connectivity index (χ0) is 44.0. The summed E-state index contributed by atoms with van der Waals surface area (Å²) in [5, 5.41) is 16.8. The number of nitrogens with zero attached hydrogens (tertiary/aromatic N) is 6. The summed E-state index contributed by atoms with van der Waals surface area (Å²) in [6.45, 7) is 0. The Bertz CT molecular complexity index is 4300. The molecule has 0 radical (unpaired) electrons. The average Bonchev–Trinajstić information content (AvgIpc) is 4.10. The highest BCUT2D eigenvalue weighted by Crippen LogP contribution is 2.62. The molecule has 0 N–H and O–H groups in total. The van der Waals surface area contributed by atoms with Crippen molar-refractivity contribution < 1.29 is 0 Å². The number of pyridine rings is 2. The lowest BCUT2D eigenvalue weighted by atomic mass is 9.67. The van der Waals surface area contributed by atoms with Gasteiger partial charge in [0.05, 0.1) is 73.4 Å². The standard InChI is InChI=1S/C60H34N6S/c61-34-36-23-27-54-44(30-36)42-14-3-8-20-52(42)64(54)37-25-28-55-45(31-37)43-15-4-9-21-53(43)65(55)38-24-26-47-57(33-38)67-56-22-10-5-16-46(56)60(47)48-17-11-29-62-58(48)59-49(60)32-39(35-63-59)66-50-18-6-1-12-40(50)41-13-2-7-19-51(41)66/h1-33,35H. The van der Waals surface area contributed by atoms with Gasteiger partial charge >= 0.3 is 0 Å². The van der Waals surface area contributed by atoms with Gasteiger partial charge in [-0.25, -0.2) is 0 Å². The fourth-order valence-corrected chi connectivity index (χ4v) is 13.0. The second-order valence-electron chi connectivity index (χ2n) is 17.6. The highest BCUT2D eigenvalue weighted by atomic mass is 32.2. The van der Waals surface area contributed by atoms with Gasteiger partial charge in [-0.15, -0.1) is 0 Å². The summed E-state index contributed by atoms with van der Waals surface area (Å²) in [7, 11) is 0. The normalized spacial score (nSPS) is 14.9. The van der Waals surface area contributed by atoms with Gasteiger partial charge < -0.3 is 13.7 Å². The number of nitriles is 1. The first kappa shape index (κ1) is 36.6. The molecule has 67 heavy (non-hydrogen) atoms. The van der Waals surface area contributed by atoms with Crippen LogP contribution in [-0.2, 0) is 5.41 Å². The van der Waals surface area contributed by atoms with E-state index in [4.69, 9.17) is 9.97 Å². The lowest BCUT2D eigenvalue weighted by Crippen LogP contribution is -2.32. The molecule has 1 aliphatic heterocycles. The smallest absolute Gasteiger partial charge is 0.0991 e. The lowest BCUT2D eigenvalue weighted by molar-refractivity contribution is 0.718. The Kier molecular flexibility index (Phi) is 7.34. The molecule has 1 spiro atoms. The van der Waals surface area contributed by atoms with E-state index in [2.05, 4.69) is 202 Å². The molecule has 1 atom stereocenters. The fraction of sp³-hybridized carbons (Fsp3) is 0.0167. The molecule has 13 aromatic rings. The van der Waals surface area contributed by atoms with E-state index in [9.17, 15) is 5.26 Å². The number of hydrogen-bond donors (Lipinski definition) is 0. The highest BCUT2D eigenvalue weighted by Gasteiger charge is 2.52. The van der Waals surface area contributed by atoms with E-state index in [1.165, 1.54) is 42.5 Å². The van der Waals surface area contributed by atoms with Crippen LogP contribution in [-0.4, -0.2) is 23.7 Å². The largest absolute Gasteiger partial charge is 0.309 e. The number of rotatable bonds is 3. The molecule has 2 aliphatic rings. The summed E-state index contributed by atoms with van der Waals surface area (Å²) in [5.41, 5.74) is 16.6. The van der Waals surface area contributed by atoms with Crippen molar-refractivity contribution >= 4 is 77.2 Å². The van der Waals surface area contributed by atoms with Crippen molar-refractivity contribution in [1.29, 1.82) is 5.26 Å². The number of hydrogen-bond acceptors (Lipinski definition) is 4. The van der Waals surface area contributed by atoms with Crippen molar-refractivity contribution in [3.8, 4) is 34.5 Å². The van der Waals surface area contributed by atoms with E-state index in [0.29, 0.717) is 5.56 Å². The zero-order valence-electron chi connectivity index (χ0n) is 35.7. The first-order chi connectivity index (χ1) is 33.2. The maximum Gasteiger partial charge on any atom is 0.0991 e. The summed E-state index contributed by atoms with van der Waals surface area (Å²) in [4.78, 5) is 12.9. The SMILES string of the molecule is N#Cc1ccc2c(c1)c1ccccc1n2-c1ccc2c(c1)c1ccccc1n2-c1ccc2c(c1)Sc1ccccc1C21c2cccnc2-c2ncc(-n3c4ccccc4c4ccccc43)cc21. The quantitative estimate of drug-likeness (QED) is 0.177. The van der Waals surface area contributed by atoms with Crippen molar-refractivity contribution in [3.63, 3.8) is 0 Å². The van der Waals surface area contributed by atoms with Gasteiger partial charge in [-0.3, -0.25) is 9.97 Å². The molecule has 0 bridgehead atoms. The van der Waals surface area contributed by atoms with Crippen molar-refractivity contribution in [3.05, 3.63) is 234 Å². The minimum Gasteiger partial charge on any atom is -0.309 e. The molecule has 310 valence electrons. The van der Waals surface area contributed by atoms with Gasteiger partial charge in [-0.05, 0) is 108 Å². The Morgan fingerprint density at radius 1 is 0.388 bits per heavy atom. The fourth-order valence-electron chi connectivity index (χ4n) is 11.7. The molecule has 6 nitrogen and oxygen atoms in total. The van der Waals surface area contributed by atoms with E-state index in [-0.39, 0.29) is 0 Å². The van der Waals surface area contributed by atoms with Crippen LogP contribution in [0.5, 0.6) is 0 Å². The van der Waals surface area contributed by atoms with Crippen LogP contribution in [0.1, 0.15) is 27.8 Å². The van der Waals surface area contributed by atoms with Crippen LogP contribution in [0.3, 0.4) is 0 Å². The Hall–Kier alpha value is -8.70. The van der Waals surface area contributed by atoms with Gasteiger partial charge in [0, 0.05) is 65.2 Å².